The second kappa shape index (κ2) is 5.27. The lowest BCUT2D eigenvalue weighted by Crippen LogP contribution is -2.35. The second-order valence-electron chi connectivity index (χ2n) is 4.25. The largest absolute Gasteiger partial charge is 0.494 e. The molecule has 1 aromatic rings. The summed E-state index contributed by atoms with van der Waals surface area (Å²) in [4.78, 5) is 11.9. The van der Waals surface area contributed by atoms with Crippen molar-refractivity contribution >= 4 is 5.78 Å². The van der Waals surface area contributed by atoms with E-state index < -0.39 is 11.4 Å². The minimum absolute atomic E-state index is 0.0100. The van der Waals surface area contributed by atoms with E-state index >= 15 is 0 Å². The fourth-order valence-electron chi connectivity index (χ4n) is 1.35. The van der Waals surface area contributed by atoms with Crippen molar-refractivity contribution in [2.24, 2.45) is 0 Å². The highest BCUT2D eigenvalue weighted by molar-refractivity contribution is 5.88. The second-order valence-corrected chi connectivity index (χ2v) is 4.25. The Bertz CT molecular complexity index is 413. The lowest BCUT2D eigenvalue weighted by atomic mass is 9.96. The molecule has 94 valence electrons. The minimum Gasteiger partial charge on any atom is -0.494 e. The Labute approximate surface area is 101 Å². The van der Waals surface area contributed by atoms with Crippen LogP contribution in [0.1, 0.15) is 19.4 Å². The van der Waals surface area contributed by atoms with Gasteiger partial charge in [-0.2, -0.15) is 0 Å². The van der Waals surface area contributed by atoms with Crippen molar-refractivity contribution in [1.82, 2.24) is 0 Å². The van der Waals surface area contributed by atoms with Gasteiger partial charge < -0.3 is 9.47 Å². The number of halogens is 1. The highest BCUT2D eigenvalue weighted by Gasteiger charge is 2.27. The summed E-state index contributed by atoms with van der Waals surface area (Å²) in [5.74, 6) is -0.520. The van der Waals surface area contributed by atoms with Crippen LogP contribution >= 0.6 is 0 Å². The monoisotopic (exact) mass is 240 g/mol. The topological polar surface area (TPSA) is 35.5 Å². The van der Waals surface area contributed by atoms with Crippen LogP contribution < -0.4 is 4.74 Å². The van der Waals surface area contributed by atoms with Gasteiger partial charge in [-0.1, -0.05) is 12.1 Å². The summed E-state index contributed by atoms with van der Waals surface area (Å²) in [7, 11) is 2.85. The molecule has 0 amide bonds. The number of carbonyl (C=O) groups excluding carboxylic acids is 1. The van der Waals surface area contributed by atoms with Gasteiger partial charge in [0.25, 0.3) is 0 Å². The Morgan fingerprint density at radius 3 is 2.53 bits per heavy atom. The van der Waals surface area contributed by atoms with Gasteiger partial charge in [0.2, 0.25) is 0 Å². The van der Waals surface area contributed by atoms with Gasteiger partial charge in [0.15, 0.2) is 17.3 Å². The molecule has 0 radical (unpaired) electrons. The van der Waals surface area contributed by atoms with Crippen LogP contribution in [0.4, 0.5) is 4.39 Å². The van der Waals surface area contributed by atoms with Gasteiger partial charge in [0.05, 0.1) is 7.11 Å². The third-order valence-electron chi connectivity index (χ3n) is 2.80. The van der Waals surface area contributed by atoms with E-state index in [1.54, 1.807) is 26.0 Å². The Balaban J connectivity index is 2.93. The van der Waals surface area contributed by atoms with Crippen molar-refractivity contribution in [3.63, 3.8) is 0 Å². The fourth-order valence-corrected chi connectivity index (χ4v) is 1.35. The summed E-state index contributed by atoms with van der Waals surface area (Å²) in [5.41, 5.74) is -0.588. The SMILES string of the molecule is COc1cccc(CC(=O)C(C)(C)OC)c1F. The van der Waals surface area contributed by atoms with Crippen LogP contribution in [0, 0.1) is 5.82 Å². The van der Waals surface area contributed by atoms with Crippen LogP contribution in [-0.4, -0.2) is 25.6 Å². The molecule has 0 aliphatic rings. The van der Waals surface area contributed by atoms with E-state index in [1.807, 2.05) is 0 Å². The van der Waals surface area contributed by atoms with Crippen LogP contribution in [0.5, 0.6) is 5.75 Å². The molecule has 0 bridgehead atoms. The van der Waals surface area contributed by atoms with Gasteiger partial charge >= 0.3 is 0 Å². The average molecular weight is 240 g/mol. The summed E-state index contributed by atoms with van der Waals surface area (Å²) in [5, 5.41) is 0. The summed E-state index contributed by atoms with van der Waals surface area (Å²) in [6.45, 7) is 3.32. The smallest absolute Gasteiger partial charge is 0.168 e. The van der Waals surface area contributed by atoms with Crippen LogP contribution in [0.2, 0.25) is 0 Å². The van der Waals surface area contributed by atoms with Crippen molar-refractivity contribution in [3.8, 4) is 5.75 Å². The first-order valence-electron chi connectivity index (χ1n) is 5.32. The minimum atomic E-state index is -0.907. The maximum absolute atomic E-state index is 13.8. The molecule has 0 atom stereocenters. The number of ether oxygens (including phenoxy) is 2. The Hall–Kier alpha value is -1.42. The Morgan fingerprint density at radius 1 is 1.35 bits per heavy atom. The average Bonchev–Trinajstić information content (AvgIpc) is 2.31. The molecule has 1 aromatic carbocycles. The van der Waals surface area contributed by atoms with Crippen molar-refractivity contribution < 1.29 is 18.7 Å². The molecule has 0 fully saturated rings. The van der Waals surface area contributed by atoms with E-state index in [4.69, 9.17) is 9.47 Å². The molecule has 17 heavy (non-hydrogen) atoms. The number of benzene rings is 1. The number of rotatable bonds is 5. The van der Waals surface area contributed by atoms with Gasteiger partial charge in [-0.25, -0.2) is 4.39 Å². The zero-order valence-corrected chi connectivity index (χ0v) is 10.5. The zero-order chi connectivity index (χ0) is 13.1. The van der Waals surface area contributed by atoms with Crippen molar-refractivity contribution in [2.75, 3.05) is 14.2 Å². The van der Waals surface area contributed by atoms with E-state index in [9.17, 15) is 9.18 Å². The third kappa shape index (κ3) is 3.03. The van der Waals surface area contributed by atoms with E-state index in [2.05, 4.69) is 0 Å². The summed E-state index contributed by atoms with van der Waals surface area (Å²) in [6, 6.07) is 4.75. The number of hydrogen-bond donors (Lipinski definition) is 0. The van der Waals surface area contributed by atoms with Crippen molar-refractivity contribution in [1.29, 1.82) is 0 Å². The molecule has 4 heteroatoms. The molecular weight excluding hydrogens is 223 g/mol. The molecule has 0 aromatic heterocycles. The van der Waals surface area contributed by atoms with Crippen molar-refractivity contribution in [3.05, 3.63) is 29.6 Å². The Kier molecular flexibility index (Phi) is 4.23. The number of methoxy groups -OCH3 is 2. The first-order valence-corrected chi connectivity index (χ1v) is 5.32. The maximum Gasteiger partial charge on any atom is 0.168 e. The summed E-state index contributed by atoms with van der Waals surface area (Å²) >= 11 is 0. The molecule has 0 heterocycles. The van der Waals surface area contributed by atoms with Gasteiger partial charge in [-0.15, -0.1) is 0 Å². The normalized spacial score (nSPS) is 11.4. The maximum atomic E-state index is 13.8. The first-order chi connectivity index (χ1) is 7.92. The lowest BCUT2D eigenvalue weighted by molar-refractivity contribution is -0.136. The summed E-state index contributed by atoms with van der Waals surface area (Å²) in [6.07, 6.45) is -0.0100. The van der Waals surface area contributed by atoms with Gasteiger partial charge in [-0.05, 0) is 25.5 Å². The highest BCUT2D eigenvalue weighted by Crippen LogP contribution is 2.22. The Morgan fingerprint density at radius 2 is 2.00 bits per heavy atom. The molecular formula is C13H17FO3. The van der Waals surface area contributed by atoms with E-state index in [0.717, 1.165) is 0 Å². The van der Waals surface area contributed by atoms with Crippen LogP contribution in [0.3, 0.4) is 0 Å². The van der Waals surface area contributed by atoms with Crippen LogP contribution in [0.25, 0.3) is 0 Å². The standard InChI is InChI=1S/C13H17FO3/c1-13(2,17-4)11(15)8-9-6-5-7-10(16-3)12(9)14/h5-7H,8H2,1-4H3. The molecule has 0 saturated carbocycles. The predicted molar refractivity (Wildman–Crippen MR) is 62.8 cm³/mol. The van der Waals surface area contributed by atoms with Gasteiger partial charge in [0, 0.05) is 13.5 Å². The molecule has 0 aliphatic heterocycles. The zero-order valence-electron chi connectivity index (χ0n) is 10.5. The van der Waals surface area contributed by atoms with Crippen molar-refractivity contribution in [2.45, 2.75) is 25.9 Å². The molecule has 0 N–H and O–H groups in total. The van der Waals surface area contributed by atoms with Gasteiger partial charge in [-0.3, -0.25) is 4.79 Å². The first kappa shape index (κ1) is 13.6. The number of Topliss-reactive ketones (excluding diaryl/α,β-unsaturated/α-hetero) is 1. The number of carbonyl (C=O) groups is 1. The lowest BCUT2D eigenvalue weighted by Gasteiger charge is -2.21. The molecule has 0 saturated heterocycles. The number of ketones is 1. The van der Waals surface area contributed by atoms with E-state index in [0.29, 0.717) is 5.56 Å². The van der Waals surface area contributed by atoms with Crippen LogP contribution in [-0.2, 0) is 16.0 Å². The van der Waals surface area contributed by atoms with Crippen LogP contribution in [0.15, 0.2) is 18.2 Å². The number of hydrogen-bond acceptors (Lipinski definition) is 3. The fraction of sp³-hybridized carbons (Fsp3) is 0.462. The molecule has 0 aliphatic carbocycles. The summed E-state index contributed by atoms with van der Waals surface area (Å²) < 4.78 is 23.7. The predicted octanol–water partition coefficient (Wildman–Crippen LogP) is 2.37. The molecule has 0 unspecified atom stereocenters. The van der Waals surface area contributed by atoms with E-state index in [-0.39, 0.29) is 18.0 Å². The molecule has 3 nitrogen and oxygen atoms in total. The third-order valence-corrected chi connectivity index (χ3v) is 2.80. The van der Waals surface area contributed by atoms with Gasteiger partial charge in [0.1, 0.15) is 5.60 Å². The molecule has 1 rings (SSSR count). The molecule has 0 spiro atoms. The highest BCUT2D eigenvalue weighted by atomic mass is 19.1. The quantitative estimate of drug-likeness (QED) is 0.792. The van der Waals surface area contributed by atoms with E-state index in [1.165, 1.54) is 20.3 Å².